The minimum absolute atomic E-state index is 0.0783. The first-order valence-electron chi connectivity index (χ1n) is 6.08. The molecule has 0 fully saturated rings. The van der Waals surface area contributed by atoms with Crippen molar-refractivity contribution in [1.82, 2.24) is 9.78 Å². The standard InChI is InChI=1S/C12H19N3O4S/c1-6-20-8-7(10(16)17)14-15(5)9(8)13-11(18)19-12(2,3)4/h6H2,1-5H3,(H,13,18)(H,16,17). The fourth-order valence-corrected chi connectivity index (χ4v) is 2.34. The van der Waals surface area contributed by atoms with E-state index in [0.29, 0.717) is 16.5 Å². The molecule has 2 N–H and O–H groups in total. The van der Waals surface area contributed by atoms with E-state index < -0.39 is 17.7 Å². The van der Waals surface area contributed by atoms with E-state index in [1.165, 1.54) is 16.4 Å². The van der Waals surface area contributed by atoms with Crippen LogP contribution in [0.15, 0.2) is 4.90 Å². The number of aryl methyl sites for hydroxylation is 1. The van der Waals surface area contributed by atoms with Gasteiger partial charge >= 0.3 is 12.1 Å². The molecule has 20 heavy (non-hydrogen) atoms. The molecule has 0 unspecified atom stereocenters. The summed E-state index contributed by atoms with van der Waals surface area (Å²) in [4.78, 5) is 23.4. The number of anilines is 1. The average molecular weight is 301 g/mol. The van der Waals surface area contributed by atoms with Gasteiger partial charge in [-0.05, 0) is 26.5 Å². The van der Waals surface area contributed by atoms with Crippen LogP contribution in [-0.4, -0.2) is 38.3 Å². The number of nitrogens with one attached hydrogen (secondary N) is 1. The molecule has 8 heteroatoms. The predicted molar refractivity (Wildman–Crippen MR) is 76.4 cm³/mol. The number of carbonyl (C=O) groups is 2. The molecule has 1 amide bonds. The molecule has 0 radical (unpaired) electrons. The fraction of sp³-hybridized carbons (Fsp3) is 0.583. The van der Waals surface area contributed by atoms with Gasteiger partial charge in [-0.3, -0.25) is 10.00 Å². The molecule has 1 heterocycles. The summed E-state index contributed by atoms with van der Waals surface area (Å²) >= 11 is 1.30. The van der Waals surface area contributed by atoms with Crippen LogP contribution in [0.2, 0.25) is 0 Å². The fourth-order valence-electron chi connectivity index (χ4n) is 1.46. The molecule has 0 bridgehead atoms. The lowest BCUT2D eigenvalue weighted by Gasteiger charge is -2.20. The van der Waals surface area contributed by atoms with Crippen LogP contribution in [0.25, 0.3) is 0 Å². The van der Waals surface area contributed by atoms with Crippen molar-refractivity contribution in [3.63, 3.8) is 0 Å². The summed E-state index contributed by atoms with van der Waals surface area (Å²) in [7, 11) is 1.57. The van der Waals surface area contributed by atoms with Crippen molar-refractivity contribution < 1.29 is 19.4 Å². The lowest BCUT2D eigenvalue weighted by atomic mass is 10.2. The van der Waals surface area contributed by atoms with Crippen LogP contribution in [0.4, 0.5) is 10.6 Å². The Hall–Kier alpha value is -1.70. The second kappa shape index (κ2) is 6.17. The Bertz CT molecular complexity index is 520. The highest BCUT2D eigenvalue weighted by Crippen LogP contribution is 2.30. The monoisotopic (exact) mass is 301 g/mol. The molecule has 1 aromatic rings. The SMILES string of the molecule is CCSc1c(C(=O)O)nn(C)c1NC(=O)OC(C)(C)C. The number of thioether (sulfide) groups is 1. The molecule has 0 aliphatic heterocycles. The van der Waals surface area contributed by atoms with E-state index >= 15 is 0 Å². The number of hydrogen-bond donors (Lipinski definition) is 2. The number of aromatic carboxylic acids is 1. The number of carboxylic acids is 1. The maximum absolute atomic E-state index is 11.8. The molecule has 0 saturated carbocycles. The first-order valence-corrected chi connectivity index (χ1v) is 7.07. The van der Waals surface area contributed by atoms with Crippen LogP contribution >= 0.6 is 11.8 Å². The third kappa shape index (κ3) is 4.16. The van der Waals surface area contributed by atoms with Gasteiger partial charge in [0.25, 0.3) is 0 Å². The van der Waals surface area contributed by atoms with E-state index in [-0.39, 0.29) is 5.69 Å². The first-order chi connectivity index (χ1) is 9.15. The quantitative estimate of drug-likeness (QED) is 0.830. The summed E-state index contributed by atoms with van der Waals surface area (Å²) in [6, 6.07) is 0. The maximum atomic E-state index is 11.8. The molecule has 1 rings (SSSR count). The van der Waals surface area contributed by atoms with Crippen LogP contribution < -0.4 is 5.32 Å². The largest absolute Gasteiger partial charge is 0.476 e. The van der Waals surface area contributed by atoms with Gasteiger partial charge in [-0.2, -0.15) is 5.10 Å². The summed E-state index contributed by atoms with van der Waals surface area (Å²) in [6.45, 7) is 7.14. The van der Waals surface area contributed by atoms with E-state index in [9.17, 15) is 9.59 Å². The summed E-state index contributed by atoms with van der Waals surface area (Å²) in [5.74, 6) is -0.146. The third-order valence-corrected chi connectivity index (χ3v) is 3.08. The number of rotatable bonds is 4. The molecule has 0 atom stereocenters. The maximum Gasteiger partial charge on any atom is 0.413 e. The Morgan fingerprint density at radius 1 is 1.45 bits per heavy atom. The Balaban J connectivity index is 3.05. The summed E-state index contributed by atoms with van der Waals surface area (Å²) in [6.07, 6.45) is -0.643. The zero-order valence-electron chi connectivity index (χ0n) is 12.2. The molecular weight excluding hydrogens is 282 g/mol. The summed E-state index contributed by atoms with van der Waals surface area (Å²) in [5.41, 5.74) is -0.707. The number of aromatic nitrogens is 2. The highest BCUT2D eigenvalue weighted by atomic mass is 32.2. The van der Waals surface area contributed by atoms with E-state index in [0.717, 1.165) is 0 Å². The van der Waals surface area contributed by atoms with Gasteiger partial charge in [-0.15, -0.1) is 11.8 Å². The number of carboxylic acid groups (broad SMARTS) is 1. The number of ether oxygens (including phenoxy) is 1. The van der Waals surface area contributed by atoms with Crippen molar-refractivity contribution in [1.29, 1.82) is 0 Å². The van der Waals surface area contributed by atoms with E-state index in [2.05, 4.69) is 10.4 Å². The Kier molecular flexibility index (Phi) is 5.04. The minimum Gasteiger partial charge on any atom is -0.476 e. The predicted octanol–water partition coefficient (Wildman–Crippen LogP) is 2.58. The molecular formula is C12H19N3O4S. The first kappa shape index (κ1) is 16.4. The second-order valence-corrected chi connectivity index (χ2v) is 6.29. The number of nitrogens with zero attached hydrogens (tertiary/aromatic N) is 2. The Morgan fingerprint density at radius 2 is 2.05 bits per heavy atom. The minimum atomic E-state index is -1.13. The van der Waals surface area contributed by atoms with Crippen molar-refractivity contribution >= 4 is 29.6 Å². The lowest BCUT2D eigenvalue weighted by Crippen LogP contribution is -2.28. The van der Waals surface area contributed by atoms with Crippen molar-refractivity contribution in [3.05, 3.63) is 5.69 Å². The van der Waals surface area contributed by atoms with E-state index in [1.54, 1.807) is 27.8 Å². The van der Waals surface area contributed by atoms with E-state index in [1.807, 2.05) is 6.92 Å². The van der Waals surface area contributed by atoms with Gasteiger partial charge in [0, 0.05) is 7.05 Å². The highest BCUT2D eigenvalue weighted by molar-refractivity contribution is 7.99. The third-order valence-electron chi connectivity index (χ3n) is 2.11. The summed E-state index contributed by atoms with van der Waals surface area (Å²) < 4.78 is 6.48. The molecule has 0 aromatic carbocycles. The molecule has 1 aromatic heterocycles. The van der Waals surface area contributed by atoms with E-state index in [4.69, 9.17) is 9.84 Å². The molecule has 0 saturated heterocycles. The Labute approximate surface area is 121 Å². The van der Waals surface area contributed by atoms with Crippen molar-refractivity contribution in [2.24, 2.45) is 7.05 Å². The van der Waals surface area contributed by atoms with Gasteiger partial charge in [0.2, 0.25) is 0 Å². The van der Waals surface area contributed by atoms with Gasteiger partial charge in [-0.25, -0.2) is 9.59 Å². The zero-order valence-corrected chi connectivity index (χ0v) is 13.0. The zero-order chi connectivity index (χ0) is 15.5. The summed E-state index contributed by atoms with van der Waals surface area (Å²) in [5, 5.41) is 15.6. The van der Waals surface area contributed by atoms with Crippen LogP contribution in [0.3, 0.4) is 0 Å². The molecule has 0 spiro atoms. The van der Waals surface area contributed by atoms with Crippen molar-refractivity contribution in [2.45, 2.75) is 38.2 Å². The van der Waals surface area contributed by atoms with Crippen LogP contribution in [0.1, 0.15) is 38.2 Å². The Morgan fingerprint density at radius 3 is 2.50 bits per heavy atom. The topological polar surface area (TPSA) is 93.5 Å². The highest BCUT2D eigenvalue weighted by Gasteiger charge is 2.24. The smallest absolute Gasteiger partial charge is 0.413 e. The van der Waals surface area contributed by atoms with Gasteiger partial charge in [0.15, 0.2) is 5.69 Å². The van der Waals surface area contributed by atoms with Gasteiger partial charge in [-0.1, -0.05) is 6.92 Å². The van der Waals surface area contributed by atoms with Gasteiger partial charge in [0.05, 0.1) is 4.90 Å². The lowest BCUT2D eigenvalue weighted by molar-refractivity contribution is 0.0631. The number of hydrogen-bond acceptors (Lipinski definition) is 5. The number of carbonyl (C=O) groups excluding carboxylic acids is 1. The molecule has 7 nitrogen and oxygen atoms in total. The van der Waals surface area contributed by atoms with Crippen LogP contribution in [0.5, 0.6) is 0 Å². The normalized spacial score (nSPS) is 11.2. The number of amides is 1. The molecule has 0 aliphatic rings. The van der Waals surface area contributed by atoms with Gasteiger partial charge < -0.3 is 9.84 Å². The van der Waals surface area contributed by atoms with Crippen molar-refractivity contribution in [2.75, 3.05) is 11.1 Å². The average Bonchev–Trinajstić information content (AvgIpc) is 2.55. The molecule has 112 valence electrons. The van der Waals surface area contributed by atoms with Crippen LogP contribution in [0, 0.1) is 0 Å². The van der Waals surface area contributed by atoms with Crippen molar-refractivity contribution in [3.8, 4) is 0 Å². The van der Waals surface area contributed by atoms with Crippen LogP contribution in [-0.2, 0) is 11.8 Å². The second-order valence-electron chi connectivity index (χ2n) is 5.02. The molecule has 0 aliphatic carbocycles. The van der Waals surface area contributed by atoms with Gasteiger partial charge in [0.1, 0.15) is 11.4 Å².